The van der Waals surface area contributed by atoms with Crippen LogP contribution in [-0.4, -0.2) is 17.8 Å². The van der Waals surface area contributed by atoms with Crippen LogP contribution < -0.4 is 5.32 Å². The molecule has 1 atom stereocenters. The van der Waals surface area contributed by atoms with Gasteiger partial charge in [0.25, 0.3) is 0 Å². The Kier molecular flexibility index (Phi) is 4.43. The number of hydrogen-bond acceptors (Lipinski definition) is 4. The normalized spacial score (nSPS) is 17.6. The van der Waals surface area contributed by atoms with E-state index in [-0.39, 0.29) is 17.0 Å². The van der Waals surface area contributed by atoms with Gasteiger partial charge in [0.1, 0.15) is 0 Å². The van der Waals surface area contributed by atoms with Gasteiger partial charge in [0.15, 0.2) is 12.0 Å². The first kappa shape index (κ1) is 17.3. The largest absolute Gasteiger partial charge is 0.462 e. The van der Waals surface area contributed by atoms with E-state index in [1.54, 1.807) is 18.3 Å². The maximum Gasteiger partial charge on any atom is 0.417 e. The molecular weight excluding hydrogens is 357 g/mol. The Labute approximate surface area is 146 Å². The van der Waals surface area contributed by atoms with E-state index in [0.29, 0.717) is 5.56 Å². The molecule has 2 aromatic rings. The SMILES string of the molecule is CNC1=C(c2ccc(Cl)c(C(F)(F)F)c2)C(=O)C(c2cccnc2)O1. The van der Waals surface area contributed by atoms with Gasteiger partial charge in [0.2, 0.25) is 5.78 Å². The van der Waals surface area contributed by atoms with Crippen molar-refractivity contribution in [2.24, 2.45) is 0 Å². The lowest BCUT2D eigenvalue weighted by molar-refractivity contribution is -0.137. The average molecular weight is 369 g/mol. The number of halogens is 4. The van der Waals surface area contributed by atoms with Gasteiger partial charge >= 0.3 is 6.18 Å². The highest BCUT2D eigenvalue weighted by atomic mass is 35.5. The first-order valence-electron chi connectivity index (χ1n) is 7.23. The second-order valence-corrected chi connectivity index (χ2v) is 5.70. The summed E-state index contributed by atoms with van der Waals surface area (Å²) in [5, 5.41) is 2.29. The molecule has 1 unspecified atom stereocenters. The second kappa shape index (κ2) is 6.40. The van der Waals surface area contributed by atoms with Crippen molar-refractivity contribution in [3.05, 3.63) is 70.3 Å². The van der Waals surface area contributed by atoms with E-state index in [2.05, 4.69) is 10.3 Å². The van der Waals surface area contributed by atoms with Crippen LogP contribution in [0.3, 0.4) is 0 Å². The fourth-order valence-corrected chi connectivity index (χ4v) is 2.80. The quantitative estimate of drug-likeness (QED) is 0.890. The van der Waals surface area contributed by atoms with Crippen molar-refractivity contribution in [3.8, 4) is 0 Å². The number of Topliss-reactive ketones (excluding diaryl/α,β-unsaturated/α-hetero) is 1. The van der Waals surface area contributed by atoms with Gasteiger partial charge < -0.3 is 10.1 Å². The molecule has 0 aliphatic carbocycles. The Morgan fingerprint density at radius 3 is 2.64 bits per heavy atom. The highest BCUT2D eigenvalue weighted by Gasteiger charge is 2.39. The predicted octanol–water partition coefficient (Wildman–Crippen LogP) is 3.98. The van der Waals surface area contributed by atoms with Gasteiger partial charge in [-0.15, -0.1) is 0 Å². The van der Waals surface area contributed by atoms with Crippen LogP contribution in [0, 0.1) is 0 Å². The third-order valence-electron chi connectivity index (χ3n) is 3.72. The molecule has 0 bridgehead atoms. The maximum absolute atomic E-state index is 13.1. The molecule has 0 saturated carbocycles. The molecule has 0 spiro atoms. The third kappa shape index (κ3) is 3.19. The number of carbonyl (C=O) groups excluding carboxylic acids is 1. The number of aromatic nitrogens is 1. The number of pyridine rings is 1. The van der Waals surface area contributed by atoms with E-state index in [9.17, 15) is 18.0 Å². The smallest absolute Gasteiger partial charge is 0.417 e. The van der Waals surface area contributed by atoms with Gasteiger partial charge in [-0.25, -0.2) is 0 Å². The Morgan fingerprint density at radius 1 is 1.28 bits per heavy atom. The zero-order valence-electron chi connectivity index (χ0n) is 12.9. The van der Waals surface area contributed by atoms with Crippen LogP contribution in [0.15, 0.2) is 48.6 Å². The number of nitrogens with one attached hydrogen (secondary N) is 1. The summed E-state index contributed by atoms with van der Waals surface area (Å²) in [6.45, 7) is 0. The summed E-state index contributed by atoms with van der Waals surface area (Å²) in [5.41, 5.74) is -0.372. The Hall–Kier alpha value is -2.54. The van der Waals surface area contributed by atoms with Crippen molar-refractivity contribution in [3.63, 3.8) is 0 Å². The van der Waals surface area contributed by atoms with Crippen molar-refractivity contribution in [1.29, 1.82) is 0 Å². The number of alkyl halides is 3. The van der Waals surface area contributed by atoms with Crippen LogP contribution in [0.5, 0.6) is 0 Å². The Bertz CT molecular complexity index is 851. The van der Waals surface area contributed by atoms with E-state index in [0.717, 1.165) is 12.1 Å². The average Bonchev–Trinajstić information content (AvgIpc) is 2.92. The standard InChI is InChI=1S/C17H12ClF3N2O2/c1-22-16-13(9-4-5-12(18)11(7-9)17(19,20)21)14(24)15(25-16)10-3-2-6-23-8-10/h2-8,15,22H,1H3. The topological polar surface area (TPSA) is 51.2 Å². The summed E-state index contributed by atoms with van der Waals surface area (Å²) in [7, 11) is 1.52. The van der Waals surface area contributed by atoms with E-state index in [4.69, 9.17) is 16.3 Å². The first-order chi connectivity index (χ1) is 11.8. The van der Waals surface area contributed by atoms with Crippen molar-refractivity contribution >= 4 is 23.0 Å². The molecule has 0 saturated heterocycles. The minimum Gasteiger partial charge on any atom is -0.462 e. The van der Waals surface area contributed by atoms with Crippen LogP contribution >= 0.6 is 11.6 Å². The lowest BCUT2D eigenvalue weighted by atomic mass is 9.96. The summed E-state index contributed by atoms with van der Waals surface area (Å²) >= 11 is 5.64. The number of carbonyl (C=O) groups is 1. The Morgan fingerprint density at radius 2 is 2.04 bits per heavy atom. The fraction of sp³-hybridized carbons (Fsp3) is 0.176. The monoisotopic (exact) mass is 368 g/mol. The summed E-state index contributed by atoms with van der Waals surface area (Å²) in [4.78, 5) is 16.7. The van der Waals surface area contributed by atoms with Gasteiger partial charge in [-0.2, -0.15) is 13.2 Å². The predicted molar refractivity (Wildman–Crippen MR) is 85.5 cm³/mol. The highest BCUT2D eigenvalue weighted by molar-refractivity contribution is 6.31. The van der Waals surface area contributed by atoms with E-state index < -0.39 is 28.6 Å². The van der Waals surface area contributed by atoms with Gasteiger partial charge in [0.05, 0.1) is 16.2 Å². The summed E-state index contributed by atoms with van der Waals surface area (Å²) in [5.74, 6) is -0.345. The molecule has 130 valence electrons. The number of rotatable bonds is 3. The minimum atomic E-state index is -4.63. The lowest BCUT2D eigenvalue weighted by Gasteiger charge is -2.11. The summed E-state index contributed by atoms with van der Waals surface area (Å²) in [6.07, 6.45) is -2.57. The summed E-state index contributed by atoms with van der Waals surface area (Å²) in [6, 6.07) is 6.63. The molecule has 1 aromatic heterocycles. The van der Waals surface area contributed by atoms with Crippen LogP contribution in [0.4, 0.5) is 13.2 Å². The number of ether oxygens (including phenoxy) is 1. The first-order valence-corrected chi connectivity index (χ1v) is 7.60. The van der Waals surface area contributed by atoms with Gasteiger partial charge in [-0.3, -0.25) is 9.78 Å². The molecule has 3 rings (SSSR count). The van der Waals surface area contributed by atoms with Crippen molar-refractivity contribution in [1.82, 2.24) is 10.3 Å². The maximum atomic E-state index is 13.1. The molecule has 0 radical (unpaired) electrons. The third-order valence-corrected chi connectivity index (χ3v) is 4.05. The molecular formula is C17H12ClF3N2O2. The molecule has 25 heavy (non-hydrogen) atoms. The molecule has 1 N–H and O–H groups in total. The zero-order valence-corrected chi connectivity index (χ0v) is 13.7. The van der Waals surface area contributed by atoms with Crippen molar-refractivity contribution < 1.29 is 22.7 Å². The van der Waals surface area contributed by atoms with Crippen molar-refractivity contribution in [2.45, 2.75) is 12.3 Å². The second-order valence-electron chi connectivity index (χ2n) is 5.30. The molecule has 1 aromatic carbocycles. The molecule has 0 amide bonds. The number of hydrogen-bond donors (Lipinski definition) is 1. The van der Waals surface area contributed by atoms with Crippen LogP contribution in [0.1, 0.15) is 22.8 Å². The summed E-state index contributed by atoms with van der Waals surface area (Å²) < 4.78 is 44.9. The van der Waals surface area contributed by atoms with Crippen LogP contribution in [0.25, 0.3) is 5.57 Å². The van der Waals surface area contributed by atoms with Gasteiger partial charge in [0, 0.05) is 25.0 Å². The molecule has 1 aliphatic heterocycles. The molecule has 4 nitrogen and oxygen atoms in total. The van der Waals surface area contributed by atoms with Crippen molar-refractivity contribution in [2.75, 3.05) is 7.05 Å². The molecule has 8 heteroatoms. The van der Waals surface area contributed by atoms with Gasteiger partial charge in [-0.05, 0) is 23.8 Å². The van der Waals surface area contributed by atoms with E-state index in [1.165, 1.54) is 19.3 Å². The van der Waals surface area contributed by atoms with Crippen LogP contribution in [-0.2, 0) is 15.7 Å². The van der Waals surface area contributed by atoms with Gasteiger partial charge in [-0.1, -0.05) is 23.7 Å². The minimum absolute atomic E-state index is 0.0403. The van der Waals surface area contributed by atoms with Crippen LogP contribution in [0.2, 0.25) is 5.02 Å². The molecule has 0 fully saturated rings. The number of benzene rings is 1. The Balaban J connectivity index is 2.05. The van der Waals surface area contributed by atoms with E-state index in [1.807, 2.05) is 0 Å². The molecule has 2 heterocycles. The fourth-order valence-electron chi connectivity index (χ4n) is 2.58. The number of ketones is 1. The molecule has 1 aliphatic rings. The zero-order chi connectivity index (χ0) is 18.2. The highest BCUT2D eigenvalue weighted by Crippen LogP contribution is 2.40. The number of nitrogens with zero attached hydrogens (tertiary/aromatic N) is 1. The lowest BCUT2D eigenvalue weighted by Crippen LogP contribution is -2.11. The van der Waals surface area contributed by atoms with E-state index >= 15 is 0 Å².